The van der Waals surface area contributed by atoms with Gasteiger partial charge >= 0.3 is 21.1 Å². The average molecular weight is 572 g/mol. The van der Waals surface area contributed by atoms with Crippen molar-refractivity contribution in [1.82, 2.24) is 29.9 Å². The first-order chi connectivity index (χ1) is 14.4. The number of nitrogens with zero attached hydrogens (tertiary/aromatic N) is 6. The molecule has 6 nitrogen and oxygen atoms in total. The monoisotopic (exact) mass is 571 g/mol. The van der Waals surface area contributed by atoms with Crippen molar-refractivity contribution >= 4 is 32.6 Å². The summed E-state index contributed by atoms with van der Waals surface area (Å²) < 4.78 is 0. The number of hydrogen-bond donors (Lipinski definition) is 0. The molecule has 4 heterocycles. The molecule has 0 unspecified atom stereocenters. The van der Waals surface area contributed by atoms with Crippen LogP contribution in [0, 0.1) is 0 Å². The Bertz CT molecular complexity index is 1270. The predicted octanol–water partition coefficient (Wildman–Crippen LogP) is 3.92. The van der Waals surface area contributed by atoms with Crippen LogP contribution in [-0.2, 0) is 27.5 Å². The van der Waals surface area contributed by atoms with Crippen LogP contribution in [-0.4, -0.2) is 19.9 Å². The second-order valence-corrected chi connectivity index (χ2v) is 6.50. The van der Waals surface area contributed by atoms with Crippen LogP contribution in [0.5, 0.6) is 0 Å². The van der Waals surface area contributed by atoms with E-state index in [1.54, 1.807) is 24.8 Å². The van der Waals surface area contributed by atoms with Gasteiger partial charge in [0.05, 0.1) is 11.0 Å². The molecular formula is C23H16N6Pt. The molecule has 0 amide bonds. The third-order valence-corrected chi connectivity index (χ3v) is 4.67. The number of fused-ring (bicyclic) bond motifs is 5. The standard InChI is InChI=1S/C16H10N2.C7H6N4.Pt/c1-3-12-7-5-11-6-8-13-4-2-10-18-16(13)14(11)15(12)17-9-1;1-2-9-6(8-1)5-7-10-3-4-11-7;/h1-10H;1-4H,5H2;/q;-2;+2. The minimum absolute atomic E-state index is 0. The van der Waals surface area contributed by atoms with Gasteiger partial charge in [-0.15, -0.1) is 0 Å². The van der Waals surface area contributed by atoms with Crippen LogP contribution in [0.4, 0.5) is 0 Å². The molecule has 0 saturated heterocycles. The van der Waals surface area contributed by atoms with Gasteiger partial charge in [-0.1, -0.05) is 72.8 Å². The number of hydrogen-bond acceptors (Lipinski definition) is 4. The summed E-state index contributed by atoms with van der Waals surface area (Å²) in [6.07, 6.45) is 11.0. The minimum Gasteiger partial charge on any atom is -0.446 e. The second kappa shape index (κ2) is 8.97. The molecule has 6 rings (SSSR count). The van der Waals surface area contributed by atoms with Crippen LogP contribution < -0.4 is 9.97 Å². The van der Waals surface area contributed by atoms with Gasteiger partial charge in [-0.3, -0.25) is 9.97 Å². The normalized spacial score (nSPS) is 10.5. The van der Waals surface area contributed by atoms with Crippen molar-refractivity contribution in [3.05, 3.63) is 97.4 Å². The Hall–Kier alpha value is -3.37. The summed E-state index contributed by atoms with van der Waals surface area (Å²) in [6, 6.07) is 16.6. The van der Waals surface area contributed by atoms with Crippen LogP contribution in [0.2, 0.25) is 0 Å². The zero-order valence-corrected chi connectivity index (χ0v) is 18.1. The van der Waals surface area contributed by atoms with Gasteiger partial charge in [0, 0.05) is 28.6 Å². The Morgan fingerprint density at radius 3 is 1.53 bits per heavy atom. The Balaban J connectivity index is 0.000000157. The van der Waals surface area contributed by atoms with E-state index in [0.29, 0.717) is 6.42 Å². The molecule has 2 aromatic carbocycles. The third-order valence-electron chi connectivity index (χ3n) is 4.67. The van der Waals surface area contributed by atoms with E-state index in [1.807, 2.05) is 24.5 Å². The van der Waals surface area contributed by atoms with Gasteiger partial charge < -0.3 is 19.9 Å². The van der Waals surface area contributed by atoms with Gasteiger partial charge in [-0.05, 0) is 23.9 Å². The summed E-state index contributed by atoms with van der Waals surface area (Å²) in [5, 5.41) is 4.64. The van der Waals surface area contributed by atoms with Gasteiger partial charge in [0.25, 0.3) is 0 Å². The molecule has 0 fully saturated rings. The Kier molecular flexibility index (Phi) is 5.96. The van der Waals surface area contributed by atoms with Gasteiger partial charge in [-0.25, -0.2) is 0 Å². The molecule has 0 atom stereocenters. The van der Waals surface area contributed by atoms with Gasteiger partial charge in [0.15, 0.2) is 0 Å². The van der Waals surface area contributed by atoms with Gasteiger partial charge in [0.1, 0.15) is 0 Å². The zero-order chi connectivity index (χ0) is 19.5. The van der Waals surface area contributed by atoms with Gasteiger partial charge in [0.2, 0.25) is 0 Å². The molecule has 0 spiro atoms. The molecule has 7 heteroatoms. The molecule has 0 aliphatic carbocycles. The van der Waals surface area contributed by atoms with E-state index < -0.39 is 0 Å². The number of benzene rings is 2. The fourth-order valence-electron chi connectivity index (χ4n) is 3.36. The fourth-order valence-corrected chi connectivity index (χ4v) is 3.36. The minimum atomic E-state index is 0. The quantitative estimate of drug-likeness (QED) is 0.294. The Morgan fingerprint density at radius 1 is 0.567 bits per heavy atom. The van der Waals surface area contributed by atoms with Crippen LogP contribution >= 0.6 is 0 Å². The summed E-state index contributed by atoms with van der Waals surface area (Å²) >= 11 is 0. The van der Waals surface area contributed by atoms with Crippen LogP contribution in [0.3, 0.4) is 0 Å². The first-order valence-electron chi connectivity index (χ1n) is 9.25. The van der Waals surface area contributed by atoms with Gasteiger partial charge in [-0.2, -0.15) is 0 Å². The molecule has 0 N–H and O–H groups in total. The summed E-state index contributed by atoms with van der Waals surface area (Å²) in [6.45, 7) is 0. The summed E-state index contributed by atoms with van der Waals surface area (Å²) in [5.74, 6) is 1.55. The maximum atomic E-state index is 4.52. The van der Waals surface area contributed by atoms with E-state index in [2.05, 4.69) is 66.3 Å². The van der Waals surface area contributed by atoms with Crippen molar-refractivity contribution in [3.63, 3.8) is 0 Å². The maximum absolute atomic E-state index is 4.52. The number of rotatable bonds is 2. The van der Waals surface area contributed by atoms with E-state index in [4.69, 9.17) is 0 Å². The van der Waals surface area contributed by atoms with Crippen LogP contribution in [0.1, 0.15) is 11.6 Å². The largest absolute Gasteiger partial charge is 2.00 e. The van der Waals surface area contributed by atoms with E-state index in [0.717, 1.165) is 38.8 Å². The molecular weight excluding hydrogens is 555 g/mol. The van der Waals surface area contributed by atoms with Crippen molar-refractivity contribution in [2.24, 2.45) is 0 Å². The van der Waals surface area contributed by atoms with Crippen molar-refractivity contribution < 1.29 is 21.1 Å². The van der Waals surface area contributed by atoms with E-state index in [9.17, 15) is 0 Å². The van der Waals surface area contributed by atoms with Crippen LogP contribution in [0.25, 0.3) is 32.6 Å². The van der Waals surface area contributed by atoms with Crippen molar-refractivity contribution in [2.75, 3.05) is 0 Å². The van der Waals surface area contributed by atoms with E-state index >= 15 is 0 Å². The third kappa shape index (κ3) is 4.00. The summed E-state index contributed by atoms with van der Waals surface area (Å²) in [7, 11) is 0. The SMILES string of the molecule is [Pt+2].c1c[n-]c(Cc2ncc[n-]2)n1.c1cnc2c(c1)ccc1ccc3cccnc3c12. The van der Waals surface area contributed by atoms with Crippen molar-refractivity contribution in [1.29, 1.82) is 0 Å². The summed E-state index contributed by atoms with van der Waals surface area (Å²) in [5.41, 5.74) is 2.05. The first kappa shape index (κ1) is 19.9. The number of pyridine rings is 2. The molecule has 0 radical (unpaired) electrons. The molecule has 0 aliphatic rings. The smallest absolute Gasteiger partial charge is 0.446 e. The van der Waals surface area contributed by atoms with E-state index in [1.165, 1.54) is 5.39 Å². The molecule has 0 bridgehead atoms. The Labute approximate surface area is 187 Å². The number of aromatic nitrogens is 6. The fraction of sp³-hybridized carbons (Fsp3) is 0.0435. The molecule has 0 saturated carbocycles. The van der Waals surface area contributed by atoms with Crippen LogP contribution in [0.15, 0.2) is 85.7 Å². The maximum Gasteiger partial charge on any atom is 2.00 e. The summed E-state index contributed by atoms with van der Waals surface area (Å²) in [4.78, 5) is 25.0. The second-order valence-electron chi connectivity index (χ2n) is 6.50. The topological polar surface area (TPSA) is 79.8 Å². The Morgan fingerprint density at radius 2 is 1.07 bits per heavy atom. The zero-order valence-electron chi connectivity index (χ0n) is 15.8. The number of imidazole rings is 2. The molecule has 0 aliphatic heterocycles. The molecule has 148 valence electrons. The average Bonchev–Trinajstić information content (AvgIpc) is 3.49. The van der Waals surface area contributed by atoms with Crippen molar-refractivity contribution in [2.45, 2.75) is 6.42 Å². The molecule has 6 aromatic rings. The van der Waals surface area contributed by atoms with E-state index in [-0.39, 0.29) is 21.1 Å². The predicted molar refractivity (Wildman–Crippen MR) is 112 cm³/mol. The molecule has 4 aromatic heterocycles. The first-order valence-corrected chi connectivity index (χ1v) is 9.25. The van der Waals surface area contributed by atoms with Crippen molar-refractivity contribution in [3.8, 4) is 0 Å². The molecule has 30 heavy (non-hydrogen) atoms.